The van der Waals surface area contributed by atoms with Gasteiger partial charge in [0.15, 0.2) is 5.75 Å². The first-order valence-corrected chi connectivity index (χ1v) is 6.48. The average molecular weight is 279 g/mol. The summed E-state index contributed by atoms with van der Waals surface area (Å²) in [6, 6.07) is 4.14. The number of piperidine rings is 1. The van der Waals surface area contributed by atoms with Crippen LogP contribution in [0.25, 0.3) is 0 Å². The molecule has 108 valence electrons. The van der Waals surface area contributed by atoms with Crippen LogP contribution >= 0.6 is 0 Å². The summed E-state index contributed by atoms with van der Waals surface area (Å²) in [4.78, 5) is 22.4. The Morgan fingerprint density at radius 3 is 2.90 bits per heavy atom. The molecule has 1 aromatic rings. The smallest absolute Gasteiger partial charge is 0.312 e. The number of carbonyl (C=O) groups is 1. The van der Waals surface area contributed by atoms with Gasteiger partial charge in [-0.1, -0.05) is 6.42 Å². The molecule has 1 aromatic carbocycles. The third-order valence-electron chi connectivity index (χ3n) is 3.27. The van der Waals surface area contributed by atoms with E-state index >= 15 is 0 Å². The Hall–Kier alpha value is -2.15. The van der Waals surface area contributed by atoms with Crippen LogP contribution in [0.2, 0.25) is 0 Å². The van der Waals surface area contributed by atoms with Gasteiger partial charge in [-0.25, -0.2) is 0 Å². The van der Waals surface area contributed by atoms with Gasteiger partial charge in [0.05, 0.1) is 18.1 Å². The molecule has 0 aromatic heterocycles. The molecule has 20 heavy (non-hydrogen) atoms. The molecule has 1 heterocycles. The van der Waals surface area contributed by atoms with Gasteiger partial charge in [0.25, 0.3) is 0 Å². The minimum absolute atomic E-state index is 0.163. The van der Waals surface area contributed by atoms with Crippen LogP contribution in [0.4, 0.5) is 11.4 Å². The highest BCUT2D eigenvalue weighted by Crippen LogP contribution is 2.29. The van der Waals surface area contributed by atoms with Crippen molar-refractivity contribution in [2.24, 2.45) is 0 Å². The predicted molar refractivity (Wildman–Crippen MR) is 73.9 cm³/mol. The molecular formula is C13H17N3O4. The summed E-state index contributed by atoms with van der Waals surface area (Å²) in [5.41, 5.74) is 0.233. The number of rotatable bonds is 4. The molecule has 2 N–H and O–H groups in total. The molecule has 1 saturated heterocycles. The quantitative estimate of drug-likeness (QED) is 0.646. The number of hydrogen-bond donors (Lipinski definition) is 2. The first-order chi connectivity index (χ1) is 9.61. The lowest BCUT2D eigenvalue weighted by molar-refractivity contribution is -0.385. The lowest BCUT2D eigenvalue weighted by Gasteiger charge is -2.22. The maximum absolute atomic E-state index is 12.0. The van der Waals surface area contributed by atoms with Crippen molar-refractivity contribution in [3.05, 3.63) is 28.3 Å². The highest BCUT2D eigenvalue weighted by molar-refractivity contribution is 5.95. The van der Waals surface area contributed by atoms with Gasteiger partial charge in [0.2, 0.25) is 5.91 Å². The van der Waals surface area contributed by atoms with Gasteiger partial charge < -0.3 is 15.4 Å². The highest BCUT2D eigenvalue weighted by atomic mass is 16.6. The van der Waals surface area contributed by atoms with Crippen LogP contribution in [-0.4, -0.2) is 30.5 Å². The van der Waals surface area contributed by atoms with Gasteiger partial charge >= 0.3 is 5.69 Å². The Bertz CT molecular complexity index is 512. The second-order valence-electron chi connectivity index (χ2n) is 4.64. The monoisotopic (exact) mass is 279 g/mol. The normalized spacial score (nSPS) is 18.4. The Morgan fingerprint density at radius 1 is 1.50 bits per heavy atom. The van der Waals surface area contributed by atoms with Crippen LogP contribution < -0.4 is 15.4 Å². The van der Waals surface area contributed by atoms with Gasteiger partial charge in [-0.3, -0.25) is 14.9 Å². The molecule has 1 aliphatic rings. The molecule has 1 atom stereocenters. The Kier molecular flexibility index (Phi) is 4.52. The van der Waals surface area contributed by atoms with Crippen LogP contribution in [0.1, 0.15) is 19.3 Å². The van der Waals surface area contributed by atoms with Gasteiger partial charge in [-0.2, -0.15) is 0 Å². The number of methoxy groups -OCH3 is 1. The van der Waals surface area contributed by atoms with E-state index in [0.29, 0.717) is 5.69 Å². The molecule has 0 bridgehead atoms. The third-order valence-corrected chi connectivity index (χ3v) is 3.27. The zero-order valence-electron chi connectivity index (χ0n) is 11.2. The third kappa shape index (κ3) is 3.24. The molecule has 0 saturated carbocycles. The van der Waals surface area contributed by atoms with Crippen molar-refractivity contribution < 1.29 is 14.5 Å². The van der Waals surface area contributed by atoms with E-state index in [1.807, 2.05) is 0 Å². The van der Waals surface area contributed by atoms with Crippen molar-refractivity contribution in [2.75, 3.05) is 19.0 Å². The van der Waals surface area contributed by atoms with Crippen LogP contribution in [0.15, 0.2) is 18.2 Å². The van der Waals surface area contributed by atoms with E-state index in [-0.39, 0.29) is 23.4 Å². The summed E-state index contributed by atoms with van der Waals surface area (Å²) in [5, 5.41) is 16.7. The van der Waals surface area contributed by atoms with Gasteiger partial charge in [0.1, 0.15) is 0 Å². The first-order valence-electron chi connectivity index (χ1n) is 6.48. The Morgan fingerprint density at radius 2 is 2.30 bits per heavy atom. The summed E-state index contributed by atoms with van der Waals surface area (Å²) in [6.07, 6.45) is 2.86. The van der Waals surface area contributed by atoms with E-state index in [0.717, 1.165) is 25.8 Å². The van der Waals surface area contributed by atoms with E-state index in [4.69, 9.17) is 4.74 Å². The topological polar surface area (TPSA) is 93.5 Å². The second kappa shape index (κ2) is 6.33. The maximum atomic E-state index is 12.0. The minimum atomic E-state index is -0.534. The van der Waals surface area contributed by atoms with E-state index < -0.39 is 4.92 Å². The lowest BCUT2D eigenvalue weighted by atomic mass is 10.0. The molecular weight excluding hydrogens is 262 g/mol. The lowest BCUT2D eigenvalue weighted by Crippen LogP contribution is -2.43. The fourth-order valence-electron chi connectivity index (χ4n) is 2.22. The van der Waals surface area contributed by atoms with Crippen molar-refractivity contribution in [3.8, 4) is 5.75 Å². The number of nitrogens with one attached hydrogen (secondary N) is 2. The van der Waals surface area contributed by atoms with E-state index in [1.165, 1.54) is 19.2 Å². The number of nitro benzene ring substituents is 1. The van der Waals surface area contributed by atoms with Gasteiger partial charge in [-0.15, -0.1) is 0 Å². The standard InChI is InChI=1S/C13H17N3O4/c1-20-12-6-5-9(8-11(12)16(18)19)15-13(17)10-4-2-3-7-14-10/h5-6,8,10,14H,2-4,7H2,1H3,(H,15,17)/t10-/m1/s1. The number of nitro groups is 1. The van der Waals surface area contributed by atoms with Crippen molar-refractivity contribution in [2.45, 2.75) is 25.3 Å². The van der Waals surface area contributed by atoms with Crippen LogP contribution in [0.3, 0.4) is 0 Å². The maximum Gasteiger partial charge on any atom is 0.312 e. The Labute approximate surface area is 116 Å². The van der Waals surface area contributed by atoms with Crippen LogP contribution in [-0.2, 0) is 4.79 Å². The minimum Gasteiger partial charge on any atom is -0.490 e. The molecule has 7 heteroatoms. The van der Waals surface area contributed by atoms with E-state index in [2.05, 4.69) is 10.6 Å². The molecule has 1 aliphatic heterocycles. The SMILES string of the molecule is COc1ccc(NC(=O)[C@H]2CCCCN2)cc1[N+](=O)[O-]. The number of hydrogen-bond acceptors (Lipinski definition) is 5. The molecule has 7 nitrogen and oxygen atoms in total. The molecule has 0 aliphatic carbocycles. The molecule has 1 amide bonds. The second-order valence-corrected chi connectivity index (χ2v) is 4.64. The summed E-state index contributed by atoms with van der Waals surface area (Å²) in [5.74, 6) is 0.00737. The van der Waals surface area contributed by atoms with Crippen molar-refractivity contribution in [1.29, 1.82) is 0 Å². The zero-order chi connectivity index (χ0) is 14.5. The molecule has 2 rings (SSSR count). The average Bonchev–Trinajstić information content (AvgIpc) is 2.48. The van der Waals surface area contributed by atoms with Gasteiger partial charge in [-0.05, 0) is 31.5 Å². The van der Waals surface area contributed by atoms with E-state index in [9.17, 15) is 14.9 Å². The van der Waals surface area contributed by atoms with Crippen molar-refractivity contribution >= 4 is 17.3 Å². The summed E-state index contributed by atoms with van der Waals surface area (Å²) < 4.78 is 4.92. The first kappa shape index (κ1) is 14.3. The highest BCUT2D eigenvalue weighted by Gasteiger charge is 2.22. The fraction of sp³-hybridized carbons (Fsp3) is 0.462. The predicted octanol–water partition coefficient (Wildman–Crippen LogP) is 1.68. The van der Waals surface area contributed by atoms with E-state index in [1.54, 1.807) is 6.07 Å². The molecule has 0 spiro atoms. The summed E-state index contributed by atoms with van der Waals surface area (Å²) in [7, 11) is 1.37. The largest absolute Gasteiger partial charge is 0.490 e. The number of nitrogens with zero attached hydrogens (tertiary/aromatic N) is 1. The summed E-state index contributed by atoms with van der Waals surface area (Å²) in [6.45, 7) is 0.820. The molecule has 0 radical (unpaired) electrons. The van der Waals surface area contributed by atoms with Crippen LogP contribution in [0, 0.1) is 10.1 Å². The number of benzene rings is 1. The molecule has 1 fully saturated rings. The molecule has 0 unspecified atom stereocenters. The fourth-order valence-corrected chi connectivity index (χ4v) is 2.22. The summed E-state index contributed by atoms with van der Waals surface area (Å²) >= 11 is 0. The number of anilines is 1. The van der Waals surface area contributed by atoms with Crippen molar-refractivity contribution in [3.63, 3.8) is 0 Å². The number of ether oxygens (including phenoxy) is 1. The number of carbonyl (C=O) groups excluding carboxylic acids is 1. The Balaban J connectivity index is 2.10. The zero-order valence-corrected chi connectivity index (χ0v) is 11.2. The van der Waals surface area contributed by atoms with Crippen LogP contribution in [0.5, 0.6) is 5.75 Å². The van der Waals surface area contributed by atoms with Gasteiger partial charge in [0, 0.05) is 11.8 Å². The number of amides is 1. The van der Waals surface area contributed by atoms with Crippen molar-refractivity contribution in [1.82, 2.24) is 5.32 Å².